The monoisotopic (exact) mass is 373 g/mol. The van der Waals surface area contributed by atoms with E-state index in [0.29, 0.717) is 43.0 Å². The molecule has 0 aliphatic heterocycles. The van der Waals surface area contributed by atoms with Gasteiger partial charge in [0.2, 0.25) is 0 Å². The Bertz CT molecular complexity index is 542. The average molecular weight is 373 g/mol. The lowest BCUT2D eigenvalue weighted by Crippen LogP contribution is -2.40. The van der Waals surface area contributed by atoms with Crippen LogP contribution in [0.2, 0.25) is 0 Å². The zero-order chi connectivity index (χ0) is 19.6. The van der Waals surface area contributed by atoms with Crippen LogP contribution in [-0.4, -0.2) is 30.8 Å². The maximum absolute atomic E-state index is 12.6. The van der Waals surface area contributed by atoms with Gasteiger partial charge in [-0.2, -0.15) is 13.2 Å². The molecule has 0 amide bonds. The molecule has 0 fully saturated rings. The number of nitrogens with zero attached hydrogens (tertiary/aromatic N) is 1. The first-order valence-corrected chi connectivity index (χ1v) is 9.05. The lowest BCUT2D eigenvalue weighted by Gasteiger charge is -2.20. The highest BCUT2D eigenvalue weighted by molar-refractivity contribution is 5.79. The number of alkyl halides is 3. The molecule has 0 saturated carbocycles. The van der Waals surface area contributed by atoms with Gasteiger partial charge >= 0.3 is 6.18 Å². The smallest absolute Gasteiger partial charge is 0.396 e. The maximum atomic E-state index is 12.6. The van der Waals surface area contributed by atoms with E-state index in [4.69, 9.17) is 0 Å². The average Bonchev–Trinajstić information content (AvgIpc) is 2.56. The van der Waals surface area contributed by atoms with E-state index in [0.717, 1.165) is 25.0 Å². The summed E-state index contributed by atoms with van der Waals surface area (Å²) in [5.41, 5.74) is 0.0556. The van der Waals surface area contributed by atoms with Crippen LogP contribution >= 0.6 is 0 Å². The molecule has 1 atom stereocenters. The molecule has 0 bridgehead atoms. The molecule has 1 aromatic rings. The molecule has 0 aromatic heterocycles. The Hall–Kier alpha value is -1.76. The summed E-state index contributed by atoms with van der Waals surface area (Å²) in [7, 11) is 0. The van der Waals surface area contributed by atoms with E-state index in [2.05, 4.69) is 29.5 Å². The number of hydrogen-bond acceptors (Lipinski definition) is 2. The lowest BCUT2D eigenvalue weighted by molar-refractivity contribution is -0.137. The number of aliphatic hydroxyl groups excluding tert-OH is 1. The number of aliphatic imine (C=N–C) groups is 1. The second kappa shape index (κ2) is 11.1. The second-order valence-corrected chi connectivity index (χ2v) is 6.78. The van der Waals surface area contributed by atoms with Crippen LogP contribution in [0, 0.1) is 11.8 Å². The van der Waals surface area contributed by atoms with Crippen molar-refractivity contribution in [2.45, 2.75) is 46.3 Å². The molecule has 0 aliphatic carbocycles. The predicted molar refractivity (Wildman–Crippen MR) is 98.9 cm³/mol. The molecule has 7 heteroatoms. The second-order valence-electron chi connectivity index (χ2n) is 6.78. The maximum Gasteiger partial charge on any atom is 0.416 e. The van der Waals surface area contributed by atoms with Crippen molar-refractivity contribution in [3.63, 3.8) is 0 Å². The first-order valence-electron chi connectivity index (χ1n) is 9.05. The van der Waals surface area contributed by atoms with Crippen LogP contribution in [0.5, 0.6) is 0 Å². The van der Waals surface area contributed by atoms with Crippen LogP contribution in [0.15, 0.2) is 29.3 Å². The molecule has 0 radical (unpaired) electrons. The normalized spacial score (nSPS) is 13.8. The fourth-order valence-electron chi connectivity index (χ4n) is 2.70. The van der Waals surface area contributed by atoms with Gasteiger partial charge in [0.05, 0.1) is 12.1 Å². The number of halogens is 3. The minimum Gasteiger partial charge on any atom is -0.396 e. The Morgan fingerprint density at radius 3 is 2.31 bits per heavy atom. The zero-order valence-corrected chi connectivity index (χ0v) is 15.7. The van der Waals surface area contributed by atoms with Crippen LogP contribution in [-0.2, 0) is 12.7 Å². The van der Waals surface area contributed by atoms with E-state index in [1.165, 1.54) is 12.1 Å². The molecular weight excluding hydrogens is 343 g/mol. The van der Waals surface area contributed by atoms with Crippen molar-refractivity contribution < 1.29 is 18.3 Å². The van der Waals surface area contributed by atoms with E-state index in [1.807, 2.05) is 6.92 Å². The van der Waals surface area contributed by atoms with E-state index >= 15 is 0 Å². The third-order valence-electron chi connectivity index (χ3n) is 3.95. The number of benzene rings is 1. The SMILES string of the molecule is CCNC(=NCc1ccc(C(F)(F)F)cc1)NCC(CCO)CC(C)C. The molecule has 0 spiro atoms. The van der Waals surface area contributed by atoms with Crippen molar-refractivity contribution in [3.8, 4) is 0 Å². The molecule has 3 N–H and O–H groups in total. The molecule has 0 aliphatic rings. The predicted octanol–water partition coefficient (Wildman–Crippen LogP) is 3.81. The van der Waals surface area contributed by atoms with Crippen molar-refractivity contribution in [2.24, 2.45) is 16.8 Å². The van der Waals surface area contributed by atoms with Gasteiger partial charge in [0, 0.05) is 19.7 Å². The number of hydrogen-bond donors (Lipinski definition) is 3. The molecule has 1 rings (SSSR count). The standard InChI is InChI=1S/C19H30F3N3O/c1-4-23-18(25-13-16(9-10-26)11-14(2)3)24-12-15-5-7-17(8-6-15)19(20,21)22/h5-8,14,16,26H,4,9-13H2,1-3H3,(H2,23,24,25). The Labute approximate surface area is 153 Å². The summed E-state index contributed by atoms with van der Waals surface area (Å²) in [5, 5.41) is 15.6. The lowest BCUT2D eigenvalue weighted by atomic mass is 9.94. The van der Waals surface area contributed by atoms with Crippen LogP contribution in [0.4, 0.5) is 13.2 Å². The first kappa shape index (κ1) is 22.3. The molecule has 1 aromatic carbocycles. The Morgan fingerprint density at radius 1 is 1.15 bits per heavy atom. The van der Waals surface area contributed by atoms with Crippen LogP contribution in [0.25, 0.3) is 0 Å². The van der Waals surface area contributed by atoms with E-state index in [1.54, 1.807) is 0 Å². The summed E-state index contributed by atoms with van der Waals surface area (Å²) in [6.07, 6.45) is -2.59. The highest BCUT2D eigenvalue weighted by Gasteiger charge is 2.29. The highest BCUT2D eigenvalue weighted by atomic mass is 19.4. The molecule has 26 heavy (non-hydrogen) atoms. The Kier molecular flexibility index (Phi) is 9.48. The Balaban J connectivity index is 2.67. The number of guanidine groups is 1. The third-order valence-corrected chi connectivity index (χ3v) is 3.95. The summed E-state index contributed by atoms with van der Waals surface area (Å²) in [6, 6.07) is 5.04. The van der Waals surface area contributed by atoms with Gasteiger partial charge in [0.25, 0.3) is 0 Å². The summed E-state index contributed by atoms with van der Waals surface area (Å²) >= 11 is 0. The van der Waals surface area contributed by atoms with Gasteiger partial charge in [0.1, 0.15) is 0 Å². The van der Waals surface area contributed by atoms with Gasteiger partial charge < -0.3 is 15.7 Å². The van der Waals surface area contributed by atoms with E-state index in [-0.39, 0.29) is 6.61 Å². The number of rotatable bonds is 9. The van der Waals surface area contributed by atoms with Gasteiger partial charge in [0.15, 0.2) is 5.96 Å². The molecular formula is C19H30F3N3O. The van der Waals surface area contributed by atoms with Gasteiger partial charge in [-0.25, -0.2) is 4.99 Å². The van der Waals surface area contributed by atoms with Gasteiger partial charge in [-0.05, 0) is 49.3 Å². The van der Waals surface area contributed by atoms with Gasteiger partial charge in [-0.1, -0.05) is 26.0 Å². The third kappa shape index (κ3) is 8.56. The molecule has 148 valence electrons. The van der Waals surface area contributed by atoms with Crippen LogP contribution < -0.4 is 10.6 Å². The quantitative estimate of drug-likeness (QED) is 0.456. The minimum absolute atomic E-state index is 0.151. The fourth-order valence-corrected chi connectivity index (χ4v) is 2.70. The number of aliphatic hydroxyl groups is 1. The van der Waals surface area contributed by atoms with Crippen molar-refractivity contribution in [2.75, 3.05) is 19.7 Å². The van der Waals surface area contributed by atoms with Crippen LogP contribution in [0.3, 0.4) is 0 Å². The van der Waals surface area contributed by atoms with Crippen molar-refractivity contribution >= 4 is 5.96 Å². The molecule has 0 saturated heterocycles. The Morgan fingerprint density at radius 2 is 1.81 bits per heavy atom. The van der Waals surface area contributed by atoms with Crippen molar-refractivity contribution in [1.82, 2.24) is 10.6 Å². The topological polar surface area (TPSA) is 56.7 Å². The van der Waals surface area contributed by atoms with Crippen molar-refractivity contribution in [1.29, 1.82) is 0 Å². The van der Waals surface area contributed by atoms with Gasteiger partial charge in [-0.15, -0.1) is 0 Å². The minimum atomic E-state index is -4.32. The summed E-state index contributed by atoms with van der Waals surface area (Å²) in [4.78, 5) is 4.44. The first-order chi connectivity index (χ1) is 12.3. The molecule has 0 heterocycles. The van der Waals surface area contributed by atoms with Gasteiger partial charge in [-0.3, -0.25) is 0 Å². The summed E-state index contributed by atoms with van der Waals surface area (Å²) in [6.45, 7) is 8.07. The fraction of sp³-hybridized carbons (Fsp3) is 0.632. The molecule has 1 unspecified atom stereocenters. The number of nitrogens with one attached hydrogen (secondary N) is 2. The highest BCUT2D eigenvalue weighted by Crippen LogP contribution is 2.29. The van der Waals surface area contributed by atoms with E-state index < -0.39 is 11.7 Å². The van der Waals surface area contributed by atoms with Crippen LogP contribution in [0.1, 0.15) is 44.7 Å². The van der Waals surface area contributed by atoms with Crippen molar-refractivity contribution in [3.05, 3.63) is 35.4 Å². The summed E-state index contributed by atoms with van der Waals surface area (Å²) in [5.74, 6) is 1.51. The largest absolute Gasteiger partial charge is 0.416 e. The summed E-state index contributed by atoms with van der Waals surface area (Å²) < 4.78 is 37.8. The molecule has 4 nitrogen and oxygen atoms in total. The zero-order valence-electron chi connectivity index (χ0n) is 15.7. The van der Waals surface area contributed by atoms with E-state index in [9.17, 15) is 18.3 Å².